The Labute approximate surface area is 189 Å². The molecule has 14 heteroatoms. The Kier molecular flexibility index (Phi) is 6.78. The molecule has 0 aliphatic carbocycles. The average Bonchev–Trinajstić information content (AvgIpc) is 2.76. The lowest BCUT2D eigenvalue weighted by Gasteiger charge is -2.34. The summed E-state index contributed by atoms with van der Waals surface area (Å²) in [5.74, 6) is -7.95. The smallest absolute Gasteiger partial charge is 0.434 e. The molecule has 2 heterocycles. The third kappa shape index (κ3) is 5.09. The number of rotatable bonds is 6. The Balaban J connectivity index is 1.96. The van der Waals surface area contributed by atoms with E-state index < -0.39 is 71.7 Å². The lowest BCUT2D eigenvalue weighted by molar-refractivity contribution is -0.136. The average molecular weight is 489 g/mol. The number of amides is 1. The van der Waals surface area contributed by atoms with Crippen LogP contribution in [0.3, 0.4) is 0 Å². The molecule has 1 amide bonds. The van der Waals surface area contributed by atoms with E-state index in [1.807, 2.05) is 5.32 Å². The number of hydrogen-bond acceptors (Lipinski definition) is 7. The highest BCUT2D eigenvalue weighted by Crippen LogP contribution is 2.32. The molecule has 34 heavy (non-hydrogen) atoms. The summed E-state index contributed by atoms with van der Waals surface area (Å²) in [6.45, 7) is -0.522. The SMILES string of the molecule is COC1NN=C(C(C)(F)F)C=C1CN1CNC(C(F)(F)F)=C(Oc2cccc(C#N)c2F)C1=O. The van der Waals surface area contributed by atoms with Crippen LogP contribution in [0.4, 0.5) is 26.3 Å². The minimum Gasteiger partial charge on any atom is -0.446 e. The number of nitrogens with one attached hydrogen (secondary N) is 2. The number of allylic oxidation sites excluding steroid dienone is 2. The van der Waals surface area contributed by atoms with Gasteiger partial charge in [-0.25, -0.2) is 4.39 Å². The summed E-state index contributed by atoms with van der Waals surface area (Å²) in [6, 6.07) is 4.70. The van der Waals surface area contributed by atoms with Crippen molar-refractivity contribution in [3.8, 4) is 11.8 Å². The summed E-state index contributed by atoms with van der Waals surface area (Å²) in [4.78, 5) is 13.8. The highest BCUT2D eigenvalue weighted by molar-refractivity contribution is 6.01. The van der Waals surface area contributed by atoms with Gasteiger partial charge in [-0.2, -0.15) is 32.3 Å². The van der Waals surface area contributed by atoms with Gasteiger partial charge in [-0.05, 0) is 18.2 Å². The van der Waals surface area contributed by atoms with Gasteiger partial charge in [0.1, 0.15) is 11.8 Å². The third-order valence-electron chi connectivity index (χ3n) is 4.75. The summed E-state index contributed by atoms with van der Waals surface area (Å²) in [5, 5.41) is 14.4. The van der Waals surface area contributed by atoms with Crippen LogP contribution in [0.2, 0.25) is 0 Å². The van der Waals surface area contributed by atoms with Crippen molar-refractivity contribution >= 4 is 11.6 Å². The Hall–Kier alpha value is -3.73. The van der Waals surface area contributed by atoms with Crippen molar-refractivity contribution in [3.63, 3.8) is 0 Å². The highest BCUT2D eigenvalue weighted by atomic mass is 19.4. The zero-order valence-electron chi connectivity index (χ0n) is 17.6. The van der Waals surface area contributed by atoms with Crippen LogP contribution in [-0.4, -0.2) is 55.2 Å². The maximum atomic E-state index is 14.4. The molecule has 182 valence electrons. The molecule has 3 rings (SSSR count). The van der Waals surface area contributed by atoms with Gasteiger partial charge in [0.15, 0.2) is 23.5 Å². The monoisotopic (exact) mass is 489 g/mol. The van der Waals surface area contributed by atoms with Crippen molar-refractivity contribution in [2.75, 3.05) is 20.3 Å². The maximum absolute atomic E-state index is 14.4. The number of benzene rings is 1. The van der Waals surface area contributed by atoms with Crippen LogP contribution in [0.1, 0.15) is 12.5 Å². The molecule has 1 aromatic carbocycles. The number of ether oxygens (including phenoxy) is 2. The first kappa shape index (κ1) is 24.9. The molecule has 0 aromatic heterocycles. The quantitative estimate of drug-likeness (QED) is 0.597. The van der Waals surface area contributed by atoms with E-state index in [-0.39, 0.29) is 5.57 Å². The lowest BCUT2D eigenvalue weighted by atomic mass is 10.1. The number of nitrogens with zero attached hydrogens (tertiary/aromatic N) is 3. The number of nitriles is 1. The van der Waals surface area contributed by atoms with Crippen molar-refractivity contribution < 1.29 is 40.6 Å². The van der Waals surface area contributed by atoms with Gasteiger partial charge in [0.25, 0.3) is 11.8 Å². The van der Waals surface area contributed by atoms with E-state index in [0.717, 1.165) is 29.2 Å². The molecule has 2 aliphatic rings. The summed E-state index contributed by atoms with van der Waals surface area (Å²) in [7, 11) is 1.23. The molecule has 2 N–H and O–H groups in total. The van der Waals surface area contributed by atoms with Gasteiger partial charge in [0.05, 0.1) is 12.2 Å². The Bertz CT molecular complexity index is 1120. The molecule has 1 unspecified atom stereocenters. The van der Waals surface area contributed by atoms with Crippen molar-refractivity contribution in [2.24, 2.45) is 5.10 Å². The van der Waals surface area contributed by atoms with Gasteiger partial charge in [0, 0.05) is 26.2 Å². The molecule has 1 atom stereocenters. The van der Waals surface area contributed by atoms with E-state index in [9.17, 15) is 31.1 Å². The van der Waals surface area contributed by atoms with Crippen molar-refractivity contribution in [1.82, 2.24) is 15.6 Å². The zero-order valence-corrected chi connectivity index (χ0v) is 17.6. The molecular weight excluding hydrogens is 472 g/mol. The second-order valence-electron chi connectivity index (χ2n) is 7.22. The van der Waals surface area contributed by atoms with Gasteiger partial charge in [-0.15, -0.1) is 0 Å². The summed E-state index contributed by atoms with van der Waals surface area (Å²) >= 11 is 0. The Morgan fingerprint density at radius 3 is 2.59 bits per heavy atom. The second kappa shape index (κ2) is 9.26. The molecule has 1 aromatic rings. The van der Waals surface area contributed by atoms with E-state index in [1.165, 1.54) is 13.2 Å². The molecule has 0 fully saturated rings. The van der Waals surface area contributed by atoms with E-state index in [2.05, 4.69) is 10.5 Å². The summed E-state index contributed by atoms with van der Waals surface area (Å²) in [6.07, 6.45) is -5.14. The fourth-order valence-corrected chi connectivity index (χ4v) is 3.09. The largest absolute Gasteiger partial charge is 0.446 e. The standard InChI is InChI=1S/C20H17F6N5O3/c1-19(22,23)13-6-11(17(33-2)30-29-13)8-31-9-28-16(20(24,25)26)15(18(31)32)34-12-5-3-4-10(7-27)14(12)21/h3-6,17,28,30H,8-9H2,1-2H3. The van der Waals surface area contributed by atoms with Crippen LogP contribution in [0, 0.1) is 17.1 Å². The summed E-state index contributed by atoms with van der Waals surface area (Å²) in [5.41, 5.74) is -0.333. The van der Waals surface area contributed by atoms with Crippen LogP contribution in [-0.2, 0) is 9.53 Å². The molecule has 0 bridgehead atoms. The number of methoxy groups -OCH3 is 1. The van der Waals surface area contributed by atoms with Crippen LogP contribution in [0.5, 0.6) is 5.75 Å². The topological polar surface area (TPSA) is 99.0 Å². The number of hydrazone groups is 1. The van der Waals surface area contributed by atoms with Gasteiger partial charge < -0.3 is 19.7 Å². The first-order valence-corrected chi connectivity index (χ1v) is 9.52. The van der Waals surface area contributed by atoms with Crippen LogP contribution >= 0.6 is 0 Å². The zero-order chi connectivity index (χ0) is 25.3. The Morgan fingerprint density at radius 1 is 1.29 bits per heavy atom. The highest BCUT2D eigenvalue weighted by Gasteiger charge is 2.44. The number of halogens is 6. The van der Waals surface area contributed by atoms with Gasteiger partial charge in [0.2, 0.25) is 5.76 Å². The minimum atomic E-state index is -5.06. The maximum Gasteiger partial charge on any atom is 0.434 e. The van der Waals surface area contributed by atoms with Crippen molar-refractivity contribution in [2.45, 2.75) is 25.3 Å². The van der Waals surface area contributed by atoms with Gasteiger partial charge >= 0.3 is 6.18 Å². The third-order valence-corrected chi connectivity index (χ3v) is 4.75. The van der Waals surface area contributed by atoms with E-state index >= 15 is 0 Å². The Morgan fingerprint density at radius 2 is 2.00 bits per heavy atom. The fourth-order valence-electron chi connectivity index (χ4n) is 3.09. The number of hydrogen-bond donors (Lipinski definition) is 2. The first-order chi connectivity index (χ1) is 15.9. The molecule has 2 aliphatic heterocycles. The molecule has 8 nitrogen and oxygen atoms in total. The molecule has 0 saturated heterocycles. The van der Waals surface area contributed by atoms with Gasteiger partial charge in [-0.3, -0.25) is 10.2 Å². The lowest BCUT2D eigenvalue weighted by Crippen LogP contribution is -2.51. The minimum absolute atomic E-state index is 0.0663. The van der Waals surface area contributed by atoms with Crippen molar-refractivity contribution in [1.29, 1.82) is 5.26 Å². The number of carbonyl (C=O) groups excluding carboxylic acids is 1. The molecule has 0 spiro atoms. The second-order valence-corrected chi connectivity index (χ2v) is 7.22. The number of carbonyl (C=O) groups is 1. The summed E-state index contributed by atoms with van der Waals surface area (Å²) < 4.78 is 92.5. The van der Waals surface area contributed by atoms with E-state index in [0.29, 0.717) is 6.92 Å². The molecule has 0 radical (unpaired) electrons. The molecular formula is C20H17F6N5O3. The van der Waals surface area contributed by atoms with Crippen molar-refractivity contribution in [3.05, 3.63) is 52.7 Å². The number of alkyl halides is 5. The van der Waals surface area contributed by atoms with Crippen LogP contribution < -0.4 is 15.5 Å². The van der Waals surface area contributed by atoms with Gasteiger partial charge in [-0.1, -0.05) is 6.07 Å². The predicted octanol–water partition coefficient (Wildman–Crippen LogP) is 2.75. The predicted molar refractivity (Wildman–Crippen MR) is 105 cm³/mol. The van der Waals surface area contributed by atoms with E-state index in [4.69, 9.17) is 14.7 Å². The normalized spacial score (nSPS) is 19.1. The fraction of sp³-hybridized carbons (Fsp3) is 0.350. The first-order valence-electron chi connectivity index (χ1n) is 9.52. The molecule has 0 saturated carbocycles. The van der Waals surface area contributed by atoms with E-state index in [1.54, 1.807) is 0 Å². The van der Waals surface area contributed by atoms with Crippen LogP contribution in [0.15, 0.2) is 46.4 Å². The van der Waals surface area contributed by atoms with Crippen LogP contribution in [0.25, 0.3) is 0 Å².